The average molecular weight is 192 g/mol. The van der Waals surface area contributed by atoms with Crippen LogP contribution in [0.25, 0.3) is 0 Å². The quantitative estimate of drug-likeness (QED) is 0.793. The molecule has 0 aliphatic rings. The first-order valence-electron chi connectivity index (χ1n) is 5.34. The van der Waals surface area contributed by atoms with Crippen LogP contribution >= 0.6 is 0 Å². The summed E-state index contributed by atoms with van der Waals surface area (Å²) in [7, 11) is 0. The molecule has 0 saturated carbocycles. The Morgan fingerprint density at radius 1 is 1.36 bits per heavy atom. The smallest absolute Gasteiger partial charge is 0.129 e. The van der Waals surface area contributed by atoms with Crippen LogP contribution in [0.4, 0.5) is 5.82 Å². The van der Waals surface area contributed by atoms with Crippen LogP contribution in [-0.2, 0) is 6.42 Å². The van der Waals surface area contributed by atoms with Crippen molar-refractivity contribution >= 4 is 5.82 Å². The van der Waals surface area contributed by atoms with Gasteiger partial charge in [-0.15, -0.1) is 0 Å². The third-order valence-corrected chi connectivity index (χ3v) is 2.18. The molecule has 0 aromatic carbocycles. The van der Waals surface area contributed by atoms with Crippen molar-refractivity contribution in [2.45, 2.75) is 34.1 Å². The largest absolute Gasteiger partial charge is 0.370 e. The first kappa shape index (κ1) is 11.0. The molecule has 0 bridgehead atoms. The van der Waals surface area contributed by atoms with Gasteiger partial charge in [0.15, 0.2) is 0 Å². The molecule has 0 atom stereocenters. The van der Waals surface area contributed by atoms with Gasteiger partial charge in [0.05, 0.1) is 0 Å². The van der Waals surface area contributed by atoms with E-state index in [0.29, 0.717) is 5.92 Å². The zero-order valence-electron chi connectivity index (χ0n) is 9.59. The zero-order valence-corrected chi connectivity index (χ0v) is 9.59. The summed E-state index contributed by atoms with van der Waals surface area (Å²) >= 11 is 0. The molecule has 1 N–H and O–H groups in total. The summed E-state index contributed by atoms with van der Waals surface area (Å²) in [5.41, 5.74) is 2.38. The minimum Gasteiger partial charge on any atom is -0.370 e. The van der Waals surface area contributed by atoms with E-state index in [2.05, 4.69) is 43.2 Å². The molecule has 0 aliphatic carbocycles. The van der Waals surface area contributed by atoms with Gasteiger partial charge in [-0.25, -0.2) is 4.98 Å². The molecule has 78 valence electrons. The van der Waals surface area contributed by atoms with E-state index in [-0.39, 0.29) is 0 Å². The molecule has 0 unspecified atom stereocenters. The van der Waals surface area contributed by atoms with E-state index in [4.69, 9.17) is 0 Å². The topological polar surface area (TPSA) is 24.9 Å². The normalized spacial score (nSPS) is 10.6. The van der Waals surface area contributed by atoms with Gasteiger partial charge >= 0.3 is 0 Å². The summed E-state index contributed by atoms with van der Waals surface area (Å²) in [4.78, 5) is 4.50. The summed E-state index contributed by atoms with van der Waals surface area (Å²) in [6.45, 7) is 9.58. The molecule has 0 fully saturated rings. The van der Waals surface area contributed by atoms with Crippen molar-refractivity contribution in [3.8, 4) is 0 Å². The first-order valence-corrected chi connectivity index (χ1v) is 5.34. The van der Waals surface area contributed by atoms with Gasteiger partial charge in [0.2, 0.25) is 0 Å². The fourth-order valence-electron chi connectivity index (χ4n) is 1.32. The van der Waals surface area contributed by atoms with Gasteiger partial charge in [-0.1, -0.05) is 26.8 Å². The number of aromatic nitrogens is 1. The standard InChI is InChI=1S/C12H20N2/c1-5-11-7-6-10(4)14-12(11)13-8-9(2)3/h6-7,9H,5,8H2,1-4H3,(H,13,14). The molecule has 0 spiro atoms. The molecule has 2 heteroatoms. The molecule has 2 nitrogen and oxygen atoms in total. The van der Waals surface area contributed by atoms with Crippen LogP contribution in [0.5, 0.6) is 0 Å². The third kappa shape index (κ3) is 3.02. The zero-order chi connectivity index (χ0) is 10.6. The Balaban J connectivity index is 2.77. The Labute approximate surface area is 86.8 Å². The van der Waals surface area contributed by atoms with Gasteiger partial charge in [-0.3, -0.25) is 0 Å². The van der Waals surface area contributed by atoms with Crippen molar-refractivity contribution in [3.63, 3.8) is 0 Å². The van der Waals surface area contributed by atoms with Gasteiger partial charge in [-0.05, 0) is 30.9 Å². The van der Waals surface area contributed by atoms with Crippen molar-refractivity contribution in [3.05, 3.63) is 23.4 Å². The minimum absolute atomic E-state index is 0.655. The lowest BCUT2D eigenvalue weighted by atomic mass is 10.1. The van der Waals surface area contributed by atoms with E-state index in [0.717, 1.165) is 24.5 Å². The minimum atomic E-state index is 0.655. The number of nitrogens with one attached hydrogen (secondary N) is 1. The average Bonchev–Trinajstić information content (AvgIpc) is 2.15. The van der Waals surface area contributed by atoms with Crippen LogP contribution in [0.15, 0.2) is 12.1 Å². The summed E-state index contributed by atoms with van der Waals surface area (Å²) < 4.78 is 0. The van der Waals surface area contributed by atoms with Crippen molar-refractivity contribution < 1.29 is 0 Å². The predicted molar refractivity (Wildman–Crippen MR) is 61.7 cm³/mol. The maximum atomic E-state index is 4.50. The van der Waals surface area contributed by atoms with Crippen molar-refractivity contribution in [1.29, 1.82) is 0 Å². The lowest BCUT2D eigenvalue weighted by Crippen LogP contribution is -2.11. The van der Waals surface area contributed by atoms with E-state index in [1.165, 1.54) is 5.56 Å². The number of rotatable bonds is 4. The molecule has 1 aromatic heterocycles. The SMILES string of the molecule is CCc1ccc(C)nc1NCC(C)C. The summed E-state index contributed by atoms with van der Waals surface area (Å²) in [5.74, 6) is 1.71. The fourth-order valence-corrected chi connectivity index (χ4v) is 1.32. The monoisotopic (exact) mass is 192 g/mol. The second-order valence-corrected chi connectivity index (χ2v) is 4.09. The number of hydrogen-bond acceptors (Lipinski definition) is 2. The highest BCUT2D eigenvalue weighted by molar-refractivity contribution is 5.44. The maximum absolute atomic E-state index is 4.50. The number of nitrogens with zero attached hydrogens (tertiary/aromatic N) is 1. The van der Waals surface area contributed by atoms with Crippen molar-refractivity contribution in [2.75, 3.05) is 11.9 Å². The summed E-state index contributed by atoms with van der Waals surface area (Å²) in [5, 5.41) is 3.39. The molecule has 0 saturated heterocycles. The van der Waals surface area contributed by atoms with E-state index < -0.39 is 0 Å². The maximum Gasteiger partial charge on any atom is 0.129 e. The van der Waals surface area contributed by atoms with Gasteiger partial charge in [0.1, 0.15) is 5.82 Å². The van der Waals surface area contributed by atoms with Crippen LogP contribution < -0.4 is 5.32 Å². The van der Waals surface area contributed by atoms with Gasteiger partial charge < -0.3 is 5.32 Å². The lowest BCUT2D eigenvalue weighted by Gasteiger charge is -2.12. The Morgan fingerprint density at radius 2 is 2.07 bits per heavy atom. The number of aryl methyl sites for hydroxylation is 2. The summed E-state index contributed by atoms with van der Waals surface area (Å²) in [6, 6.07) is 4.23. The Bertz CT molecular complexity index is 292. The van der Waals surface area contributed by atoms with Crippen LogP contribution in [-0.4, -0.2) is 11.5 Å². The van der Waals surface area contributed by atoms with E-state index in [1.807, 2.05) is 6.92 Å². The highest BCUT2D eigenvalue weighted by Gasteiger charge is 2.02. The van der Waals surface area contributed by atoms with Crippen LogP contribution in [0.2, 0.25) is 0 Å². The highest BCUT2D eigenvalue weighted by Crippen LogP contribution is 2.14. The van der Waals surface area contributed by atoms with Gasteiger partial charge in [0, 0.05) is 12.2 Å². The van der Waals surface area contributed by atoms with E-state index in [9.17, 15) is 0 Å². The third-order valence-electron chi connectivity index (χ3n) is 2.18. The predicted octanol–water partition coefficient (Wildman–Crippen LogP) is 3.02. The fraction of sp³-hybridized carbons (Fsp3) is 0.583. The second kappa shape index (κ2) is 4.99. The number of pyridine rings is 1. The molecule has 14 heavy (non-hydrogen) atoms. The van der Waals surface area contributed by atoms with Gasteiger partial charge in [-0.2, -0.15) is 0 Å². The Morgan fingerprint density at radius 3 is 2.64 bits per heavy atom. The Hall–Kier alpha value is -1.05. The molecule has 0 radical (unpaired) electrons. The Kier molecular flexibility index (Phi) is 3.93. The molecule has 1 rings (SSSR count). The molecular weight excluding hydrogens is 172 g/mol. The number of hydrogen-bond donors (Lipinski definition) is 1. The van der Waals surface area contributed by atoms with Crippen molar-refractivity contribution in [2.24, 2.45) is 5.92 Å². The highest BCUT2D eigenvalue weighted by atomic mass is 15.0. The van der Waals surface area contributed by atoms with Gasteiger partial charge in [0.25, 0.3) is 0 Å². The molecule has 1 aromatic rings. The molecule has 0 aliphatic heterocycles. The van der Waals surface area contributed by atoms with E-state index in [1.54, 1.807) is 0 Å². The van der Waals surface area contributed by atoms with E-state index >= 15 is 0 Å². The van der Waals surface area contributed by atoms with Crippen LogP contribution in [0.3, 0.4) is 0 Å². The molecular formula is C12H20N2. The summed E-state index contributed by atoms with van der Waals surface area (Å²) in [6.07, 6.45) is 1.04. The molecule has 0 amide bonds. The van der Waals surface area contributed by atoms with Crippen LogP contribution in [0, 0.1) is 12.8 Å². The second-order valence-electron chi connectivity index (χ2n) is 4.09. The number of anilines is 1. The van der Waals surface area contributed by atoms with Crippen LogP contribution in [0.1, 0.15) is 32.0 Å². The first-order chi connectivity index (χ1) is 6.63. The molecule has 1 heterocycles. The van der Waals surface area contributed by atoms with Crippen molar-refractivity contribution in [1.82, 2.24) is 4.98 Å². The lowest BCUT2D eigenvalue weighted by molar-refractivity contribution is 0.686.